The van der Waals surface area contributed by atoms with Gasteiger partial charge >= 0.3 is 0 Å². The molecule has 0 aliphatic carbocycles. The van der Waals surface area contributed by atoms with Crippen molar-refractivity contribution in [2.75, 3.05) is 10.6 Å². The lowest BCUT2D eigenvalue weighted by Gasteiger charge is -2.10. The molecule has 2 N–H and O–H groups in total. The van der Waals surface area contributed by atoms with Crippen LogP contribution in [0.3, 0.4) is 0 Å². The van der Waals surface area contributed by atoms with Crippen LogP contribution < -0.4 is 10.6 Å². The van der Waals surface area contributed by atoms with E-state index in [4.69, 9.17) is 4.98 Å². The Morgan fingerprint density at radius 3 is 2.54 bits per heavy atom. The molecule has 0 aliphatic rings. The highest BCUT2D eigenvalue weighted by molar-refractivity contribution is 7.08. The van der Waals surface area contributed by atoms with Crippen molar-refractivity contribution in [2.24, 2.45) is 0 Å². The number of imidazole rings is 1. The minimum absolute atomic E-state index is 0.446. The summed E-state index contributed by atoms with van der Waals surface area (Å²) in [4.78, 5) is 18.2. The molecule has 4 heterocycles. The predicted octanol–water partition coefficient (Wildman–Crippen LogP) is 4.76. The maximum Gasteiger partial charge on any atom is 0.232 e. The molecule has 7 nitrogen and oxygen atoms in total. The fourth-order valence-electron chi connectivity index (χ4n) is 2.84. The average Bonchev–Trinajstić information content (AvgIpc) is 3.39. The van der Waals surface area contributed by atoms with E-state index in [1.807, 2.05) is 64.5 Å². The maximum atomic E-state index is 4.69. The zero-order valence-corrected chi connectivity index (χ0v) is 15.5. The van der Waals surface area contributed by atoms with Crippen LogP contribution in [0.5, 0.6) is 0 Å². The third kappa shape index (κ3) is 3.17. The molecule has 4 aromatic heterocycles. The van der Waals surface area contributed by atoms with E-state index in [-0.39, 0.29) is 0 Å². The molecule has 28 heavy (non-hydrogen) atoms. The topological polar surface area (TPSA) is 80.6 Å². The lowest BCUT2D eigenvalue weighted by atomic mass is 10.3. The molecule has 136 valence electrons. The molecule has 0 bridgehead atoms. The molecule has 0 aliphatic heterocycles. The van der Waals surface area contributed by atoms with Gasteiger partial charge in [-0.15, -0.1) is 0 Å². The van der Waals surface area contributed by atoms with Gasteiger partial charge in [0.05, 0.1) is 5.69 Å². The predicted molar refractivity (Wildman–Crippen MR) is 112 cm³/mol. The first kappa shape index (κ1) is 16.4. The van der Waals surface area contributed by atoms with Crippen LogP contribution in [-0.2, 0) is 0 Å². The van der Waals surface area contributed by atoms with Crippen LogP contribution in [0.25, 0.3) is 16.9 Å². The third-order valence-corrected chi connectivity index (χ3v) is 4.79. The number of nitrogens with one attached hydrogen (secondary N) is 2. The van der Waals surface area contributed by atoms with Crippen LogP contribution in [0.2, 0.25) is 0 Å². The number of aromatic nitrogens is 5. The van der Waals surface area contributed by atoms with E-state index in [2.05, 4.69) is 31.0 Å². The van der Waals surface area contributed by atoms with Crippen molar-refractivity contribution in [2.45, 2.75) is 0 Å². The molecule has 0 saturated heterocycles. The summed E-state index contributed by atoms with van der Waals surface area (Å²) in [5.74, 6) is 1.75. The van der Waals surface area contributed by atoms with Gasteiger partial charge in [-0.25, -0.2) is 9.97 Å². The van der Waals surface area contributed by atoms with Crippen molar-refractivity contribution in [3.8, 4) is 5.69 Å². The molecule has 5 rings (SSSR count). The number of benzene rings is 1. The molecule has 0 unspecified atom stereocenters. The lowest BCUT2D eigenvalue weighted by molar-refractivity contribution is 1.07. The smallest absolute Gasteiger partial charge is 0.232 e. The van der Waals surface area contributed by atoms with Gasteiger partial charge < -0.3 is 10.6 Å². The van der Waals surface area contributed by atoms with E-state index in [0.29, 0.717) is 28.7 Å². The van der Waals surface area contributed by atoms with Crippen molar-refractivity contribution in [1.29, 1.82) is 0 Å². The Morgan fingerprint density at radius 1 is 0.857 bits per heavy atom. The second-order valence-electron chi connectivity index (χ2n) is 6.00. The van der Waals surface area contributed by atoms with Crippen LogP contribution in [0.15, 0.2) is 77.9 Å². The van der Waals surface area contributed by atoms with Crippen LogP contribution in [0.4, 0.5) is 23.3 Å². The number of rotatable bonds is 5. The molecular formula is C20H15N7S. The van der Waals surface area contributed by atoms with Gasteiger partial charge in [0, 0.05) is 17.3 Å². The summed E-state index contributed by atoms with van der Waals surface area (Å²) in [7, 11) is 0. The van der Waals surface area contributed by atoms with Gasteiger partial charge in [0.15, 0.2) is 17.0 Å². The summed E-state index contributed by atoms with van der Waals surface area (Å²) in [5.41, 5.74) is 3.35. The lowest BCUT2D eigenvalue weighted by Crippen LogP contribution is -2.04. The van der Waals surface area contributed by atoms with Gasteiger partial charge in [-0.3, -0.25) is 4.57 Å². The highest BCUT2D eigenvalue weighted by Crippen LogP contribution is 2.27. The highest BCUT2D eigenvalue weighted by Gasteiger charge is 2.15. The van der Waals surface area contributed by atoms with E-state index in [1.165, 1.54) is 0 Å². The number of hydrogen-bond acceptors (Lipinski definition) is 7. The number of para-hydroxylation sites is 1. The molecule has 0 amide bonds. The van der Waals surface area contributed by atoms with Crippen molar-refractivity contribution < 1.29 is 0 Å². The van der Waals surface area contributed by atoms with Crippen molar-refractivity contribution in [1.82, 2.24) is 24.5 Å². The standard InChI is InChI=1S/C20H15N7S/c1-2-6-14(7-3-1)23-18-17-19(27(13-22-17)15-9-11-28-12-15)26-20(25-18)24-16-8-4-5-10-21-16/h1-13H,(H2,21,23,24,25,26). The monoisotopic (exact) mass is 385 g/mol. The first-order valence-corrected chi connectivity index (χ1v) is 9.59. The molecule has 5 aromatic rings. The molecular weight excluding hydrogens is 370 g/mol. The van der Waals surface area contributed by atoms with Gasteiger partial charge in [-0.2, -0.15) is 21.3 Å². The number of fused-ring (bicyclic) bond motifs is 1. The van der Waals surface area contributed by atoms with E-state index in [1.54, 1.807) is 23.9 Å². The van der Waals surface area contributed by atoms with Crippen LogP contribution in [-0.4, -0.2) is 24.5 Å². The van der Waals surface area contributed by atoms with E-state index in [9.17, 15) is 0 Å². The molecule has 1 aromatic carbocycles. The Bertz CT molecular complexity index is 1200. The van der Waals surface area contributed by atoms with Gasteiger partial charge in [0.25, 0.3) is 0 Å². The summed E-state index contributed by atoms with van der Waals surface area (Å²) in [6.45, 7) is 0. The summed E-state index contributed by atoms with van der Waals surface area (Å²) in [6, 6.07) is 17.6. The summed E-state index contributed by atoms with van der Waals surface area (Å²) < 4.78 is 1.95. The molecule has 0 spiro atoms. The molecule has 0 atom stereocenters. The number of hydrogen-bond donors (Lipinski definition) is 2. The summed E-state index contributed by atoms with van der Waals surface area (Å²) in [6.07, 6.45) is 3.49. The minimum Gasteiger partial charge on any atom is -0.338 e. The number of anilines is 4. The Hall–Kier alpha value is -3.78. The highest BCUT2D eigenvalue weighted by atomic mass is 32.1. The summed E-state index contributed by atoms with van der Waals surface area (Å²) >= 11 is 1.63. The second kappa shape index (κ2) is 7.09. The first-order chi connectivity index (χ1) is 13.9. The zero-order valence-electron chi connectivity index (χ0n) is 14.6. The number of thiophene rings is 1. The largest absolute Gasteiger partial charge is 0.338 e. The molecule has 0 fully saturated rings. The van der Waals surface area contributed by atoms with E-state index in [0.717, 1.165) is 11.4 Å². The quantitative estimate of drug-likeness (QED) is 0.454. The Balaban J connectivity index is 1.64. The summed E-state index contributed by atoms with van der Waals surface area (Å²) in [5, 5.41) is 10.6. The van der Waals surface area contributed by atoms with E-state index >= 15 is 0 Å². The van der Waals surface area contributed by atoms with Gasteiger partial charge in [0.2, 0.25) is 5.95 Å². The fourth-order valence-corrected chi connectivity index (χ4v) is 3.46. The minimum atomic E-state index is 0.446. The first-order valence-electron chi connectivity index (χ1n) is 8.64. The molecule has 0 saturated carbocycles. The third-order valence-electron chi connectivity index (χ3n) is 4.12. The SMILES string of the molecule is c1ccc(Nc2nc(Nc3ccccn3)nc3c2ncn3-c2ccsc2)cc1. The average molecular weight is 385 g/mol. The second-order valence-corrected chi connectivity index (χ2v) is 6.78. The van der Waals surface area contributed by atoms with Crippen LogP contribution in [0, 0.1) is 0 Å². The Labute approximate surface area is 164 Å². The van der Waals surface area contributed by atoms with Crippen molar-refractivity contribution in [3.63, 3.8) is 0 Å². The van der Waals surface area contributed by atoms with Gasteiger partial charge in [0.1, 0.15) is 12.1 Å². The maximum absolute atomic E-state index is 4.69. The fraction of sp³-hybridized carbons (Fsp3) is 0. The molecule has 8 heteroatoms. The Morgan fingerprint density at radius 2 is 1.75 bits per heavy atom. The zero-order chi connectivity index (χ0) is 18.8. The van der Waals surface area contributed by atoms with Gasteiger partial charge in [-0.1, -0.05) is 24.3 Å². The van der Waals surface area contributed by atoms with E-state index < -0.39 is 0 Å². The Kier molecular flexibility index (Phi) is 4.15. The van der Waals surface area contributed by atoms with Crippen molar-refractivity contribution in [3.05, 3.63) is 77.9 Å². The van der Waals surface area contributed by atoms with Crippen LogP contribution >= 0.6 is 11.3 Å². The molecule has 0 radical (unpaired) electrons. The van der Waals surface area contributed by atoms with Crippen molar-refractivity contribution >= 4 is 45.8 Å². The normalized spacial score (nSPS) is 10.9. The van der Waals surface area contributed by atoms with Gasteiger partial charge in [-0.05, 0) is 35.7 Å². The number of pyridine rings is 1. The number of nitrogens with zero attached hydrogens (tertiary/aromatic N) is 5. The van der Waals surface area contributed by atoms with Crippen LogP contribution in [0.1, 0.15) is 0 Å².